The van der Waals surface area contributed by atoms with Gasteiger partial charge >= 0.3 is 0 Å². The fourth-order valence-electron chi connectivity index (χ4n) is 1.41. The van der Waals surface area contributed by atoms with Crippen LogP contribution in [-0.4, -0.2) is 23.2 Å². The van der Waals surface area contributed by atoms with E-state index in [9.17, 15) is 8.42 Å². The van der Waals surface area contributed by atoms with E-state index in [1.165, 1.54) is 17.1 Å². The summed E-state index contributed by atoms with van der Waals surface area (Å²) < 4.78 is 23.6. The summed E-state index contributed by atoms with van der Waals surface area (Å²) >= 11 is 0. The molecule has 5 nitrogen and oxygen atoms in total. The minimum Gasteiger partial charge on any atom is -0.265 e. The summed E-state index contributed by atoms with van der Waals surface area (Å²) in [6, 6.07) is 5.63. The first-order valence-corrected chi connectivity index (χ1v) is 7.16. The van der Waals surface area contributed by atoms with Crippen LogP contribution >= 0.6 is 10.7 Å². The van der Waals surface area contributed by atoms with Gasteiger partial charge in [0.2, 0.25) is 0 Å². The number of nitrogens with zero attached hydrogens (tertiary/aromatic N) is 3. The summed E-state index contributed by atoms with van der Waals surface area (Å²) in [5, 5.41) is 3.92. The van der Waals surface area contributed by atoms with E-state index in [-0.39, 0.29) is 4.90 Å². The van der Waals surface area contributed by atoms with Gasteiger partial charge in [-0.2, -0.15) is 5.10 Å². The van der Waals surface area contributed by atoms with Crippen molar-refractivity contribution in [2.75, 3.05) is 0 Å². The SMILES string of the molecule is Cc1cccc(Cn2cc(S(=O)(=O)Cl)cn2)n1. The summed E-state index contributed by atoms with van der Waals surface area (Å²) in [5.41, 5.74) is 1.71. The van der Waals surface area contributed by atoms with Gasteiger partial charge in [0.05, 0.1) is 18.4 Å². The molecule has 0 saturated heterocycles. The van der Waals surface area contributed by atoms with Crippen molar-refractivity contribution in [1.82, 2.24) is 14.8 Å². The van der Waals surface area contributed by atoms with E-state index in [0.29, 0.717) is 6.54 Å². The Kier molecular flexibility index (Phi) is 3.17. The van der Waals surface area contributed by atoms with Crippen LogP contribution in [0.15, 0.2) is 35.5 Å². The van der Waals surface area contributed by atoms with Crippen molar-refractivity contribution in [1.29, 1.82) is 0 Å². The van der Waals surface area contributed by atoms with Gasteiger partial charge in [-0.05, 0) is 19.1 Å². The molecule has 0 aliphatic heterocycles. The molecule has 0 radical (unpaired) electrons. The van der Waals surface area contributed by atoms with Crippen molar-refractivity contribution in [2.24, 2.45) is 0 Å². The molecule has 0 N–H and O–H groups in total. The fourth-order valence-corrected chi connectivity index (χ4v) is 2.07. The summed E-state index contributed by atoms with van der Waals surface area (Å²) in [7, 11) is 1.49. The van der Waals surface area contributed by atoms with Crippen molar-refractivity contribution in [3.63, 3.8) is 0 Å². The highest BCUT2D eigenvalue weighted by atomic mass is 35.7. The summed E-state index contributed by atoms with van der Waals surface area (Å²) in [6.07, 6.45) is 2.60. The highest BCUT2D eigenvalue weighted by Crippen LogP contribution is 2.13. The van der Waals surface area contributed by atoms with Crippen LogP contribution in [0.3, 0.4) is 0 Å². The average molecular weight is 272 g/mol. The Morgan fingerprint density at radius 1 is 1.41 bits per heavy atom. The summed E-state index contributed by atoms with van der Waals surface area (Å²) in [6.45, 7) is 2.30. The average Bonchev–Trinajstić information content (AvgIpc) is 2.65. The van der Waals surface area contributed by atoms with Gasteiger partial charge in [0.15, 0.2) is 0 Å². The van der Waals surface area contributed by atoms with E-state index in [2.05, 4.69) is 10.1 Å². The number of pyridine rings is 1. The van der Waals surface area contributed by atoms with Crippen LogP contribution in [-0.2, 0) is 15.6 Å². The Balaban J connectivity index is 2.23. The largest absolute Gasteiger partial charge is 0.265 e. The van der Waals surface area contributed by atoms with E-state index < -0.39 is 9.05 Å². The van der Waals surface area contributed by atoms with Gasteiger partial charge in [0.1, 0.15) is 4.90 Å². The molecule has 0 bridgehead atoms. The van der Waals surface area contributed by atoms with Crippen LogP contribution in [0.5, 0.6) is 0 Å². The normalized spacial score (nSPS) is 11.6. The van der Waals surface area contributed by atoms with Crippen molar-refractivity contribution in [3.05, 3.63) is 42.0 Å². The molecule has 2 rings (SSSR count). The number of aromatic nitrogens is 3. The molecule has 0 aliphatic carbocycles. The van der Waals surface area contributed by atoms with Crippen LogP contribution in [0.1, 0.15) is 11.4 Å². The van der Waals surface area contributed by atoms with Crippen LogP contribution in [0, 0.1) is 6.92 Å². The van der Waals surface area contributed by atoms with Gasteiger partial charge in [0, 0.05) is 22.6 Å². The Bertz CT molecular complexity index is 637. The lowest BCUT2D eigenvalue weighted by Crippen LogP contribution is -2.02. The molecule has 2 aromatic rings. The zero-order valence-corrected chi connectivity index (χ0v) is 10.6. The quantitative estimate of drug-likeness (QED) is 0.795. The molecular weight excluding hydrogens is 262 g/mol. The van der Waals surface area contributed by atoms with Crippen LogP contribution in [0.2, 0.25) is 0 Å². The zero-order chi connectivity index (χ0) is 12.5. The Labute approximate surface area is 103 Å². The second kappa shape index (κ2) is 4.46. The molecule has 0 fully saturated rings. The lowest BCUT2D eigenvalue weighted by Gasteiger charge is -2.01. The minimum absolute atomic E-state index is 0.00757. The number of aryl methyl sites for hydroxylation is 1. The number of halogens is 1. The van der Waals surface area contributed by atoms with E-state index >= 15 is 0 Å². The van der Waals surface area contributed by atoms with Crippen LogP contribution in [0.25, 0.3) is 0 Å². The Morgan fingerprint density at radius 2 is 2.18 bits per heavy atom. The molecule has 7 heteroatoms. The van der Waals surface area contributed by atoms with E-state index in [0.717, 1.165) is 11.4 Å². The Morgan fingerprint density at radius 3 is 2.76 bits per heavy atom. The van der Waals surface area contributed by atoms with E-state index in [1.54, 1.807) is 0 Å². The van der Waals surface area contributed by atoms with Crippen molar-refractivity contribution >= 4 is 19.7 Å². The molecular formula is C10H10ClN3O2S. The van der Waals surface area contributed by atoms with Gasteiger partial charge < -0.3 is 0 Å². The number of hydrogen-bond acceptors (Lipinski definition) is 4. The second-order valence-corrected chi connectivity index (χ2v) is 6.15. The predicted octanol–water partition coefficient (Wildman–Crippen LogP) is 1.56. The minimum atomic E-state index is -3.71. The Hall–Kier alpha value is -1.40. The third-order valence-electron chi connectivity index (χ3n) is 2.16. The van der Waals surface area contributed by atoms with Crippen molar-refractivity contribution in [2.45, 2.75) is 18.4 Å². The molecule has 0 amide bonds. The predicted molar refractivity (Wildman–Crippen MR) is 63.3 cm³/mol. The number of hydrogen-bond donors (Lipinski definition) is 0. The lowest BCUT2D eigenvalue weighted by atomic mass is 10.3. The second-order valence-electron chi connectivity index (χ2n) is 3.58. The molecule has 0 spiro atoms. The summed E-state index contributed by atoms with van der Waals surface area (Å²) in [5.74, 6) is 0. The molecule has 0 aliphatic rings. The lowest BCUT2D eigenvalue weighted by molar-refractivity contribution is 0.609. The molecule has 0 unspecified atom stereocenters. The molecule has 90 valence electrons. The first-order chi connectivity index (χ1) is 7.95. The van der Waals surface area contributed by atoms with Crippen LogP contribution in [0.4, 0.5) is 0 Å². The van der Waals surface area contributed by atoms with Gasteiger partial charge in [-0.3, -0.25) is 9.67 Å². The highest BCUT2D eigenvalue weighted by Gasteiger charge is 2.12. The topological polar surface area (TPSA) is 64.8 Å². The molecule has 2 heterocycles. The van der Waals surface area contributed by atoms with Gasteiger partial charge in [-0.15, -0.1) is 0 Å². The first-order valence-electron chi connectivity index (χ1n) is 4.85. The van der Waals surface area contributed by atoms with Crippen molar-refractivity contribution in [3.8, 4) is 0 Å². The van der Waals surface area contributed by atoms with Gasteiger partial charge in [-0.25, -0.2) is 8.42 Å². The maximum Gasteiger partial charge on any atom is 0.264 e. The van der Waals surface area contributed by atoms with E-state index in [4.69, 9.17) is 10.7 Å². The third kappa shape index (κ3) is 3.04. The molecule has 2 aromatic heterocycles. The molecule has 0 saturated carbocycles. The monoisotopic (exact) mass is 271 g/mol. The zero-order valence-electron chi connectivity index (χ0n) is 9.04. The molecule has 0 aromatic carbocycles. The first kappa shape index (κ1) is 12.1. The van der Waals surface area contributed by atoms with E-state index in [1.807, 2.05) is 25.1 Å². The highest BCUT2D eigenvalue weighted by molar-refractivity contribution is 8.13. The van der Waals surface area contributed by atoms with Crippen LogP contribution < -0.4 is 0 Å². The summed E-state index contributed by atoms with van der Waals surface area (Å²) in [4.78, 5) is 4.29. The standard InChI is InChI=1S/C10H10ClN3O2S/c1-8-3-2-4-9(13-8)6-14-7-10(5-12-14)17(11,15)16/h2-5,7H,6H2,1H3. The third-order valence-corrected chi connectivity index (χ3v) is 3.47. The fraction of sp³-hybridized carbons (Fsp3) is 0.200. The van der Waals surface area contributed by atoms with Gasteiger partial charge in [-0.1, -0.05) is 6.07 Å². The molecule has 0 atom stereocenters. The number of rotatable bonds is 3. The maximum absolute atomic E-state index is 11.0. The van der Waals surface area contributed by atoms with Gasteiger partial charge in [0.25, 0.3) is 9.05 Å². The smallest absolute Gasteiger partial charge is 0.264 e. The molecule has 17 heavy (non-hydrogen) atoms. The van der Waals surface area contributed by atoms with Crippen molar-refractivity contribution < 1.29 is 8.42 Å². The maximum atomic E-state index is 11.0.